The van der Waals surface area contributed by atoms with Gasteiger partial charge in [-0.3, -0.25) is 4.79 Å². The number of amides is 1. The average Bonchev–Trinajstić information content (AvgIpc) is 2.80. The predicted molar refractivity (Wildman–Crippen MR) is 133 cm³/mol. The van der Waals surface area contributed by atoms with Crippen LogP contribution in [0.3, 0.4) is 0 Å². The van der Waals surface area contributed by atoms with Crippen LogP contribution in [0.2, 0.25) is 0 Å². The van der Waals surface area contributed by atoms with Gasteiger partial charge in [-0.25, -0.2) is 9.59 Å². The van der Waals surface area contributed by atoms with E-state index in [2.05, 4.69) is 5.32 Å². The number of benzene rings is 3. The maximum absolute atomic E-state index is 13.1. The number of carbonyl (C=O) groups excluding carboxylic acids is 2. The molecule has 4 rings (SSSR count). The van der Waals surface area contributed by atoms with Crippen LogP contribution in [0.15, 0.2) is 82.0 Å². The molecule has 35 heavy (non-hydrogen) atoms. The summed E-state index contributed by atoms with van der Waals surface area (Å²) >= 11 is 0. The van der Waals surface area contributed by atoms with Crippen LogP contribution in [0.25, 0.3) is 11.0 Å². The van der Waals surface area contributed by atoms with Gasteiger partial charge in [0, 0.05) is 28.8 Å². The van der Waals surface area contributed by atoms with Crippen LogP contribution in [0.1, 0.15) is 28.4 Å². The molecule has 1 atom stereocenters. The minimum absolute atomic E-state index is 0.333. The second-order valence-corrected chi connectivity index (χ2v) is 8.34. The molecule has 0 aliphatic carbocycles. The SMILES string of the molecule is Cc1cc(C)cc(NC(=O)C(OC(=O)COc2ccc3c(C)cc(=O)oc3c2)c2ccccc2)c1. The molecule has 0 aliphatic heterocycles. The lowest BCUT2D eigenvalue weighted by molar-refractivity contribution is -0.156. The second kappa shape index (κ2) is 10.3. The van der Waals surface area contributed by atoms with Crippen molar-refractivity contribution in [1.29, 1.82) is 0 Å². The van der Waals surface area contributed by atoms with Gasteiger partial charge >= 0.3 is 11.6 Å². The molecule has 0 bridgehead atoms. The number of fused-ring (bicyclic) bond motifs is 1. The zero-order valence-electron chi connectivity index (χ0n) is 19.7. The van der Waals surface area contributed by atoms with Crippen molar-refractivity contribution in [2.75, 3.05) is 11.9 Å². The zero-order valence-corrected chi connectivity index (χ0v) is 19.7. The lowest BCUT2D eigenvalue weighted by atomic mass is 10.1. The molecule has 178 valence electrons. The highest BCUT2D eigenvalue weighted by molar-refractivity contribution is 5.96. The smallest absolute Gasteiger partial charge is 0.345 e. The molecular weight excluding hydrogens is 446 g/mol. The minimum Gasteiger partial charge on any atom is -0.482 e. The lowest BCUT2D eigenvalue weighted by Crippen LogP contribution is -2.28. The second-order valence-electron chi connectivity index (χ2n) is 8.34. The molecule has 1 amide bonds. The van der Waals surface area contributed by atoms with Gasteiger partial charge in [-0.1, -0.05) is 36.4 Å². The van der Waals surface area contributed by atoms with Crippen molar-refractivity contribution in [3.05, 3.63) is 105 Å². The summed E-state index contributed by atoms with van der Waals surface area (Å²) in [4.78, 5) is 37.4. The quantitative estimate of drug-likeness (QED) is 0.300. The van der Waals surface area contributed by atoms with Crippen LogP contribution in [0.5, 0.6) is 5.75 Å². The van der Waals surface area contributed by atoms with Crippen molar-refractivity contribution < 1.29 is 23.5 Å². The van der Waals surface area contributed by atoms with E-state index in [1.165, 1.54) is 6.07 Å². The number of nitrogens with one attached hydrogen (secondary N) is 1. The Hall–Kier alpha value is -4.39. The summed E-state index contributed by atoms with van der Waals surface area (Å²) in [5, 5.41) is 3.60. The van der Waals surface area contributed by atoms with E-state index in [0.717, 1.165) is 22.1 Å². The molecule has 0 spiro atoms. The third-order valence-electron chi connectivity index (χ3n) is 5.36. The fraction of sp³-hybridized carbons (Fsp3) is 0.179. The number of ether oxygens (including phenoxy) is 2. The summed E-state index contributed by atoms with van der Waals surface area (Å²) in [6.07, 6.45) is -1.16. The van der Waals surface area contributed by atoms with Crippen LogP contribution in [0, 0.1) is 20.8 Å². The van der Waals surface area contributed by atoms with Gasteiger partial charge in [0.05, 0.1) is 0 Å². The van der Waals surface area contributed by atoms with Gasteiger partial charge in [0.25, 0.3) is 5.91 Å². The van der Waals surface area contributed by atoms with Gasteiger partial charge in [-0.15, -0.1) is 0 Å². The van der Waals surface area contributed by atoms with Gasteiger partial charge in [0.2, 0.25) is 6.10 Å². The maximum Gasteiger partial charge on any atom is 0.345 e. The number of hydrogen-bond donors (Lipinski definition) is 1. The first-order valence-electron chi connectivity index (χ1n) is 11.1. The number of esters is 1. The molecular formula is C28H25NO6. The summed E-state index contributed by atoms with van der Waals surface area (Å²) < 4.78 is 16.3. The van der Waals surface area contributed by atoms with Crippen molar-refractivity contribution in [2.45, 2.75) is 26.9 Å². The first kappa shape index (κ1) is 23.8. The van der Waals surface area contributed by atoms with E-state index < -0.39 is 30.2 Å². The highest BCUT2D eigenvalue weighted by Crippen LogP contribution is 2.24. The van der Waals surface area contributed by atoms with Crippen molar-refractivity contribution in [3.63, 3.8) is 0 Å². The normalized spacial score (nSPS) is 11.6. The van der Waals surface area contributed by atoms with Crippen molar-refractivity contribution in [3.8, 4) is 5.75 Å². The molecule has 7 nitrogen and oxygen atoms in total. The van der Waals surface area contributed by atoms with E-state index in [1.807, 2.05) is 45.0 Å². The average molecular weight is 472 g/mol. The molecule has 3 aromatic carbocycles. The molecule has 1 N–H and O–H groups in total. The minimum atomic E-state index is -1.16. The van der Waals surface area contributed by atoms with Crippen LogP contribution in [0.4, 0.5) is 5.69 Å². The standard InChI is InChI=1S/C28H25NO6/c1-17-11-18(2)13-21(12-17)29-28(32)27(20-7-5-4-6-8-20)35-26(31)16-33-22-9-10-23-19(3)14-25(30)34-24(23)15-22/h4-15,27H,16H2,1-3H3,(H,29,32). The van der Waals surface area contributed by atoms with Crippen LogP contribution in [-0.4, -0.2) is 18.5 Å². The summed E-state index contributed by atoms with van der Waals surface area (Å²) in [7, 11) is 0. The molecule has 0 aliphatic rings. The lowest BCUT2D eigenvalue weighted by Gasteiger charge is -2.19. The van der Waals surface area contributed by atoms with E-state index in [4.69, 9.17) is 13.9 Å². The summed E-state index contributed by atoms with van der Waals surface area (Å²) in [5.74, 6) is -0.864. The predicted octanol–water partition coefficient (Wildman–Crippen LogP) is 5.02. The number of carbonyl (C=O) groups is 2. The van der Waals surface area contributed by atoms with Crippen LogP contribution in [-0.2, 0) is 14.3 Å². The maximum atomic E-state index is 13.1. The van der Waals surface area contributed by atoms with Gasteiger partial charge in [-0.2, -0.15) is 0 Å². The van der Waals surface area contributed by atoms with E-state index in [-0.39, 0.29) is 0 Å². The Morgan fingerprint density at radius 2 is 1.63 bits per heavy atom. The Bertz CT molecular complexity index is 1420. The van der Waals surface area contributed by atoms with Crippen molar-refractivity contribution in [1.82, 2.24) is 0 Å². The molecule has 4 aromatic rings. The molecule has 1 aromatic heterocycles. The van der Waals surface area contributed by atoms with Crippen molar-refractivity contribution in [2.24, 2.45) is 0 Å². The molecule has 7 heteroatoms. The molecule has 0 fully saturated rings. The van der Waals surface area contributed by atoms with Crippen molar-refractivity contribution >= 4 is 28.5 Å². The third-order valence-corrected chi connectivity index (χ3v) is 5.36. The fourth-order valence-electron chi connectivity index (χ4n) is 3.86. The Labute approximate surface area is 202 Å². The van der Waals surface area contributed by atoms with Gasteiger partial charge in [0.15, 0.2) is 6.61 Å². The Balaban J connectivity index is 1.48. The van der Waals surface area contributed by atoms with E-state index >= 15 is 0 Å². The highest BCUT2D eigenvalue weighted by atomic mass is 16.6. The number of hydrogen-bond acceptors (Lipinski definition) is 6. The number of aryl methyl sites for hydroxylation is 3. The topological polar surface area (TPSA) is 94.8 Å². The first-order valence-corrected chi connectivity index (χ1v) is 11.1. The van der Waals surface area contributed by atoms with E-state index in [1.54, 1.807) is 42.5 Å². The molecule has 0 radical (unpaired) electrons. The molecule has 0 saturated carbocycles. The molecule has 1 unspecified atom stereocenters. The van der Waals surface area contributed by atoms with Gasteiger partial charge in [0.1, 0.15) is 11.3 Å². The zero-order chi connectivity index (χ0) is 24.9. The summed E-state index contributed by atoms with van der Waals surface area (Å²) in [6, 6.07) is 20.8. The Morgan fingerprint density at radius 1 is 0.914 bits per heavy atom. The number of rotatable bonds is 7. The van der Waals surface area contributed by atoms with Gasteiger partial charge in [-0.05, 0) is 61.7 Å². The highest BCUT2D eigenvalue weighted by Gasteiger charge is 2.25. The van der Waals surface area contributed by atoms with Crippen LogP contribution < -0.4 is 15.7 Å². The fourth-order valence-corrected chi connectivity index (χ4v) is 3.86. The Kier molecular flexibility index (Phi) is 6.96. The molecule has 0 saturated heterocycles. The molecule has 1 heterocycles. The van der Waals surface area contributed by atoms with Crippen LogP contribution >= 0.6 is 0 Å². The Morgan fingerprint density at radius 3 is 2.34 bits per heavy atom. The number of anilines is 1. The van der Waals surface area contributed by atoms with E-state index in [9.17, 15) is 14.4 Å². The monoisotopic (exact) mass is 471 g/mol. The summed E-state index contributed by atoms with van der Waals surface area (Å²) in [5.41, 5.74) is 3.83. The first-order chi connectivity index (χ1) is 16.8. The summed E-state index contributed by atoms with van der Waals surface area (Å²) in [6.45, 7) is 5.26. The third kappa shape index (κ3) is 5.95. The van der Waals surface area contributed by atoms with Gasteiger partial charge < -0.3 is 19.2 Å². The van der Waals surface area contributed by atoms with E-state index in [0.29, 0.717) is 22.6 Å². The largest absolute Gasteiger partial charge is 0.482 e.